The molecule has 0 bridgehead atoms. The molecule has 5 nitrogen and oxygen atoms in total. The number of amides is 1. The average molecular weight is 411 g/mol. The lowest BCUT2D eigenvalue weighted by molar-refractivity contribution is -0.120. The highest BCUT2D eigenvalue weighted by atomic mass is 32.2. The number of rotatable bonds is 8. The van der Waals surface area contributed by atoms with Crippen LogP contribution in [0.5, 0.6) is 0 Å². The maximum absolute atomic E-state index is 13.4. The fourth-order valence-electron chi connectivity index (χ4n) is 3.15. The van der Waals surface area contributed by atoms with Crippen LogP contribution in [0, 0.1) is 5.82 Å². The van der Waals surface area contributed by atoms with Gasteiger partial charge in [-0.15, -0.1) is 10.2 Å². The molecule has 29 heavy (non-hydrogen) atoms. The molecular formula is C22H23FN4OS. The molecule has 1 saturated carbocycles. The Kier molecular flexibility index (Phi) is 5.94. The molecule has 3 aromatic rings. The van der Waals surface area contributed by atoms with Crippen molar-refractivity contribution in [2.75, 3.05) is 0 Å². The number of nitrogens with one attached hydrogen (secondary N) is 1. The molecule has 1 fully saturated rings. The van der Waals surface area contributed by atoms with Crippen molar-refractivity contribution in [1.82, 2.24) is 20.1 Å². The summed E-state index contributed by atoms with van der Waals surface area (Å²) in [4.78, 5) is 12.9. The summed E-state index contributed by atoms with van der Waals surface area (Å²) in [6.45, 7) is 2.75. The molecule has 0 radical (unpaired) electrons. The van der Waals surface area contributed by atoms with Crippen molar-refractivity contribution in [1.29, 1.82) is 0 Å². The van der Waals surface area contributed by atoms with Gasteiger partial charge in [0, 0.05) is 19.0 Å². The van der Waals surface area contributed by atoms with Crippen LogP contribution in [0.4, 0.5) is 4.39 Å². The molecule has 0 aliphatic heterocycles. The maximum Gasteiger partial charge on any atom is 0.238 e. The number of halogens is 1. The van der Waals surface area contributed by atoms with E-state index in [4.69, 9.17) is 0 Å². The summed E-state index contributed by atoms with van der Waals surface area (Å²) in [6.07, 6.45) is 2.70. The summed E-state index contributed by atoms with van der Waals surface area (Å²) < 4.78 is 15.4. The van der Waals surface area contributed by atoms with Gasteiger partial charge in [-0.25, -0.2) is 4.39 Å². The first-order valence-electron chi connectivity index (χ1n) is 9.82. The first kappa shape index (κ1) is 19.6. The van der Waals surface area contributed by atoms with Gasteiger partial charge in [0.05, 0.1) is 0 Å². The number of carbonyl (C=O) groups is 1. The van der Waals surface area contributed by atoms with E-state index in [1.807, 2.05) is 29.7 Å². The predicted octanol–water partition coefficient (Wildman–Crippen LogP) is 4.14. The highest BCUT2D eigenvalue weighted by Crippen LogP contribution is 2.36. The van der Waals surface area contributed by atoms with Gasteiger partial charge in [0.1, 0.15) is 16.9 Å². The first-order chi connectivity index (χ1) is 14.1. The number of carbonyl (C=O) groups excluding carboxylic acids is 1. The minimum atomic E-state index is -0.504. The summed E-state index contributed by atoms with van der Waals surface area (Å²) in [5.74, 6) is 0.475. The molecule has 1 aliphatic carbocycles. The average Bonchev–Trinajstić information content (AvgIpc) is 3.47. The van der Waals surface area contributed by atoms with Gasteiger partial charge in [0.2, 0.25) is 5.91 Å². The number of thioether (sulfide) groups is 1. The van der Waals surface area contributed by atoms with E-state index >= 15 is 0 Å². The zero-order chi connectivity index (χ0) is 20.2. The molecule has 1 heterocycles. The molecule has 1 N–H and O–H groups in total. The van der Waals surface area contributed by atoms with Gasteiger partial charge in [-0.2, -0.15) is 0 Å². The van der Waals surface area contributed by atoms with Crippen LogP contribution in [0.1, 0.15) is 42.0 Å². The zero-order valence-electron chi connectivity index (χ0n) is 16.2. The van der Waals surface area contributed by atoms with Crippen LogP contribution in [0.2, 0.25) is 0 Å². The van der Waals surface area contributed by atoms with E-state index in [0.29, 0.717) is 18.1 Å². The van der Waals surface area contributed by atoms with Crippen LogP contribution in [0.25, 0.3) is 0 Å². The van der Waals surface area contributed by atoms with Gasteiger partial charge in [0.15, 0.2) is 5.16 Å². The fourth-order valence-corrected chi connectivity index (χ4v) is 4.28. The molecular weight excluding hydrogens is 387 g/mol. The van der Waals surface area contributed by atoms with Crippen LogP contribution in [-0.4, -0.2) is 26.7 Å². The third-order valence-electron chi connectivity index (χ3n) is 4.87. The second-order valence-electron chi connectivity index (χ2n) is 7.14. The standard InChI is InChI=1S/C22H23FN4OS/c1-2-27-19(14-15-6-4-3-5-7-15)25-26-22(27)29-20(21(28)24-18-12-13-18)16-8-10-17(23)11-9-16/h3-11,18,20H,2,12-14H2,1H3,(H,24,28). The van der Waals surface area contributed by atoms with Gasteiger partial charge in [-0.1, -0.05) is 54.2 Å². The van der Waals surface area contributed by atoms with Crippen LogP contribution in [0.3, 0.4) is 0 Å². The Morgan fingerprint density at radius 2 is 1.90 bits per heavy atom. The second-order valence-corrected chi connectivity index (χ2v) is 8.21. The van der Waals surface area contributed by atoms with Crippen molar-refractivity contribution in [2.45, 2.75) is 49.2 Å². The predicted molar refractivity (Wildman–Crippen MR) is 111 cm³/mol. The van der Waals surface area contributed by atoms with Crippen LogP contribution in [0.15, 0.2) is 59.8 Å². The Bertz CT molecular complexity index is 970. The summed E-state index contributed by atoms with van der Waals surface area (Å²) in [5, 5.41) is 12.0. The quantitative estimate of drug-likeness (QED) is 0.567. The van der Waals surface area contributed by atoms with E-state index in [9.17, 15) is 9.18 Å². The number of nitrogens with zero attached hydrogens (tertiary/aromatic N) is 3. The summed E-state index contributed by atoms with van der Waals surface area (Å²) in [7, 11) is 0. The topological polar surface area (TPSA) is 59.8 Å². The highest BCUT2D eigenvalue weighted by molar-refractivity contribution is 8.00. The van der Waals surface area contributed by atoms with E-state index in [1.54, 1.807) is 12.1 Å². The molecule has 0 spiro atoms. The summed E-state index contributed by atoms with van der Waals surface area (Å²) in [6, 6.07) is 16.5. The van der Waals surface area contributed by atoms with Gasteiger partial charge < -0.3 is 9.88 Å². The van der Waals surface area contributed by atoms with Gasteiger partial charge in [-0.05, 0) is 43.0 Å². The minimum absolute atomic E-state index is 0.0700. The molecule has 150 valence electrons. The summed E-state index contributed by atoms with van der Waals surface area (Å²) in [5.41, 5.74) is 1.91. The normalized spacial score (nSPS) is 14.6. The van der Waals surface area contributed by atoms with E-state index < -0.39 is 5.25 Å². The number of benzene rings is 2. The monoisotopic (exact) mass is 410 g/mol. The van der Waals surface area contributed by atoms with Crippen molar-refractivity contribution in [3.05, 3.63) is 77.4 Å². The summed E-state index contributed by atoms with van der Waals surface area (Å²) >= 11 is 1.36. The third-order valence-corrected chi connectivity index (χ3v) is 6.11. The number of aromatic nitrogens is 3. The molecule has 1 amide bonds. The Morgan fingerprint density at radius 3 is 2.55 bits per heavy atom. The van der Waals surface area contributed by atoms with E-state index in [0.717, 1.165) is 29.8 Å². The van der Waals surface area contributed by atoms with Gasteiger partial charge in [0.25, 0.3) is 0 Å². The van der Waals surface area contributed by atoms with Crippen molar-refractivity contribution in [3.8, 4) is 0 Å². The molecule has 2 aromatic carbocycles. The van der Waals surface area contributed by atoms with Gasteiger partial charge in [-0.3, -0.25) is 4.79 Å². The SMILES string of the molecule is CCn1c(Cc2ccccc2)nnc1SC(C(=O)NC1CC1)c1ccc(F)cc1. The second kappa shape index (κ2) is 8.78. The Labute approximate surface area is 173 Å². The first-order valence-corrected chi connectivity index (χ1v) is 10.7. The molecule has 1 aliphatic rings. The minimum Gasteiger partial charge on any atom is -0.352 e. The van der Waals surface area contributed by atoms with Crippen molar-refractivity contribution in [2.24, 2.45) is 0 Å². The molecule has 1 aromatic heterocycles. The van der Waals surface area contributed by atoms with Gasteiger partial charge >= 0.3 is 0 Å². The van der Waals surface area contributed by atoms with E-state index in [-0.39, 0.29) is 17.8 Å². The number of hydrogen-bond acceptors (Lipinski definition) is 4. The smallest absolute Gasteiger partial charge is 0.238 e. The molecule has 7 heteroatoms. The van der Waals surface area contributed by atoms with Crippen molar-refractivity contribution in [3.63, 3.8) is 0 Å². The van der Waals surface area contributed by atoms with E-state index in [2.05, 4.69) is 27.6 Å². The fraction of sp³-hybridized carbons (Fsp3) is 0.318. The lowest BCUT2D eigenvalue weighted by atomic mass is 10.1. The zero-order valence-corrected chi connectivity index (χ0v) is 17.0. The molecule has 0 saturated heterocycles. The maximum atomic E-state index is 13.4. The van der Waals surface area contributed by atoms with Crippen molar-refractivity contribution < 1.29 is 9.18 Å². The van der Waals surface area contributed by atoms with Crippen LogP contribution >= 0.6 is 11.8 Å². The van der Waals surface area contributed by atoms with Crippen LogP contribution < -0.4 is 5.32 Å². The third kappa shape index (κ3) is 4.85. The Hall–Kier alpha value is -2.67. The molecule has 1 unspecified atom stereocenters. The number of hydrogen-bond donors (Lipinski definition) is 1. The molecule has 1 atom stereocenters. The van der Waals surface area contributed by atoms with Crippen LogP contribution in [-0.2, 0) is 17.8 Å². The van der Waals surface area contributed by atoms with Crippen molar-refractivity contribution >= 4 is 17.7 Å². The Morgan fingerprint density at radius 1 is 1.17 bits per heavy atom. The van der Waals surface area contributed by atoms with E-state index in [1.165, 1.54) is 23.9 Å². The highest BCUT2D eigenvalue weighted by Gasteiger charge is 2.30. The Balaban J connectivity index is 1.59. The molecule has 4 rings (SSSR count). The lowest BCUT2D eigenvalue weighted by Gasteiger charge is -2.17. The largest absolute Gasteiger partial charge is 0.352 e. The lowest BCUT2D eigenvalue weighted by Crippen LogP contribution is -2.30.